The van der Waals surface area contributed by atoms with Gasteiger partial charge in [0.25, 0.3) is 5.91 Å². The molecule has 1 aliphatic carbocycles. The lowest BCUT2D eigenvalue weighted by molar-refractivity contribution is -0.125. The van der Waals surface area contributed by atoms with Crippen molar-refractivity contribution >= 4 is 11.9 Å². The molecule has 0 unspecified atom stereocenters. The molecule has 0 spiro atoms. The summed E-state index contributed by atoms with van der Waals surface area (Å²) in [6, 6.07) is 4.11. The van der Waals surface area contributed by atoms with E-state index in [9.17, 15) is 9.59 Å². The van der Waals surface area contributed by atoms with Crippen LogP contribution in [-0.2, 0) is 9.53 Å². The summed E-state index contributed by atoms with van der Waals surface area (Å²) in [6.07, 6.45) is 4.54. The zero-order valence-electron chi connectivity index (χ0n) is 14.6. The lowest BCUT2D eigenvalue weighted by atomic mass is 9.86. The van der Waals surface area contributed by atoms with E-state index in [2.05, 4.69) is 12.2 Å². The topological polar surface area (TPSA) is 55.4 Å². The average molecular weight is 317 g/mol. The van der Waals surface area contributed by atoms with E-state index in [-0.39, 0.29) is 18.6 Å². The molecule has 0 saturated heterocycles. The summed E-state index contributed by atoms with van der Waals surface area (Å²) >= 11 is 0. The minimum absolute atomic E-state index is 0.206. The van der Waals surface area contributed by atoms with Crippen molar-refractivity contribution in [2.45, 2.75) is 59.4 Å². The van der Waals surface area contributed by atoms with Crippen molar-refractivity contribution in [3.05, 3.63) is 34.4 Å². The SMILES string of the molecule is Cc1cc(C)c(C(=O)OCC(=O)N[C@H]2CCCC[C@H]2C)c(C)c1. The van der Waals surface area contributed by atoms with Crippen LogP contribution in [0.15, 0.2) is 12.1 Å². The maximum absolute atomic E-state index is 12.3. The highest BCUT2D eigenvalue weighted by Gasteiger charge is 2.23. The van der Waals surface area contributed by atoms with Crippen molar-refractivity contribution in [1.29, 1.82) is 0 Å². The molecule has 23 heavy (non-hydrogen) atoms. The predicted molar refractivity (Wildman–Crippen MR) is 90.5 cm³/mol. The van der Waals surface area contributed by atoms with Gasteiger partial charge in [0.2, 0.25) is 0 Å². The molecule has 1 aromatic carbocycles. The first-order valence-electron chi connectivity index (χ1n) is 8.43. The van der Waals surface area contributed by atoms with E-state index in [1.807, 2.05) is 32.9 Å². The molecule has 1 saturated carbocycles. The van der Waals surface area contributed by atoms with Gasteiger partial charge in [-0.05, 0) is 50.7 Å². The Morgan fingerprint density at radius 3 is 2.35 bits per heavy atom. The molecule has 4 nitrogen and oxygen atoms in total. The van der Waals surface area contributed by atoms with E-state index in [4.69, 9.17) is 4.74 Å². The first-order chi connectivity index (χ1) is 10.9. The highest BCUT2D eigenvalue weighted by Crippen LogP contribution is 2.23. The Labute approximate surface area is 138 Å². The van der Waals surface area contributed by atoms with Crippen molar-refractivity contribution in [2.75, 3.05) is 6.61 Å². The lowest BCUT2D eigenvalue weighted by Crippen LogP contribution is -2.42. The molecule has 4 heteroatoms. The summed E-state index contributed by atoms with van der Waals surface area (Å²) in [6.45, 7) is 7.72. The molecule has 1 aliphatic rings. The van der Waals surface area contributed by atoms with Crippen LogP contribution in [0.5, 0.6) is 0 Å². The van der Waals surface area contributed by atoms with Gasteiger partial charge in [-0.2, -0.15) is 0 Å². The third-order valence-electron chi connectivity index (χ3n) is 4.67. The second-order valence-corrected chi connectivity index (χ2v) is 6.79. The maximum Gasteiger partial charge on any atom is 0.339 e. The van der Waals surface area contributed by atoms with E-state index in [0.29, 0.717) is 11.5 Å². The molecule has 1 fully saturated rings. The number of carbonyl (C=O) groups excluding carboxylic acids is 2. The smallest absolute Gasteiger partial charge is 0.339 e. The Hall–Kier alpha value is -1.84. The third-order valence-corrected chi connectivity index (χ3v) is 4.67. The fourth-order valence-electron chi connectivity index (χ4n) is 3.48. The molecule has 0 bridgehead atoms. The molecule has 0 radical (unpaired) electrons. The second kappa shape index (κ2) is 7.62. The van der Waals surface area contributed by atoms with E-state index < -0.39 is 5.97 Å². The van der Waals surface area contributed by atoms with Crippen LogP contribution in [0.3, 0.4) is 0 Å². The van der Waals surface area contributed by atoms with E-state index >= 15 is 0 Å². The Morgan fingerprint density at radius 2 is 1.74 bits per heavy atom. The zero-order chi connectivity index (χ0) is 17.0. The molecule has 1 N–H and O–H groups in total. The quantitative estimate of drug-likeness (QED) is 0.865. The minimum atomic E-state index is -0.424. The fraction of sp³-hybridized carbons (Fsp3) is 0.579. The van der Waals surface area contributed by atoms with Crippen LogP contribution >= 0.6 is 0 Å². The first kappa shape index (κ1) is 17.5. The van der Waals surface area contributed by atoms with Gasteiger partial charge in [-0.1, -0.05) is 37.5 Å². The van der Waals surface area contributed by atoms with Crippen molar-refractivity contribution in [1.82, 2.24) is 5.32 Å². The number of benzene rings is 1. The van der Waals surface area contributed by atoms with Crippen LogP contribution in [0, 0.1) is 26.7 Å². The molecule has 0 heterocycles. The number of amides is 1. The summed E-state index contributed by atoms with van der Waals surface area (Å²) in [5.74, 6) is -0.142. The number of carbonyl (C=O) groups is 2. The number of hydrogen-bond acceptors (Lipinski definition) is 3. The van der Waals surface area contributed by atoms with Gasteiger partial charge < -0.3 is 10.1 Å². The Morgan fingerprint density at radius 1 is 1.13 bits per heavy atom. The molecular weight excluding hydrogens is 290 g/mol. The zero-order valence-corrected chi connectivity index (χ0v) is 14.6. The van der Waals surface area contributed by atoms with Crippen molar-refractivity contribution < 1.29 is 14.3 Å². The van der Waals surface area contributed by atoms with E-state index in [1.165, 1.54) is 6.42 Å². The summed E-state index contributed by atoms with van der Waals surface area (Å²) in [7, 11) is 0. The molecule has 1 amide bonds. The molecule has 126 valence electrons. The monoisotopic (exact) mass is 317 g/mol. The van der Waals surface area contributed by atoms with Crippen molar-refractivity contribution in [3.8, 4) is 0 Å². The number of ether oxygens (including phenoxy) is 1. The van der Waals surface area contributed by atoms with Gasteiger partial charge in [0.05, 0.1) is 5.56 Å². The maximum atomic E-state index is 12.3. The molecule has 0 aromatic heterocycles. The van der Waals surface area contributed by atoms with Gasteiger partial charge >= 0.3 is 5.97 Å². The molecule has 0 aliphatic heterocycles. The molecule has 2 rings (SSSR count). The van der Waals surface area contributed by atoms with Gasteiger partial charge in [-0.3, -0.25) is 4.79 Å². The van der Waals surface area contributed by atoms with E-state index in [0.717, 1.165) is 36.0 Å². The number of hydrogen-bond donors (Lipinski definition) is 1. The highest BCUT2D eigenvalue weighted by atomic mass is 16.5. The van der Waals surface area contributed by atoms with Crippen LogP contribution in [0.4, 0.5) is 0 Å². The standard InChI is InChI=1S/C19H27NO3/c1-12-9-14(3)18(15(4)10-12)19(22)23-11-17(21)20-16-8-6-5-7-13(16)2/h9-10,13,16H,5-8,11H2,1-4H3,(H,20,21)/t13-,16+/m1/s1. The highest BCUT2D eigenvalue weighted by molar-refractivity contribution is 5.94. The Bertz CT molecular complexity index is 571. The van der Waals surface area contributed by atoms with Gasteiger partial charge in [0.15, 0.2) is 6.61 Å². The third kappa shape index (κ3) is 4.57. The predicted octanol–water partition coefficient (Wildman–Crippen LogP) is 3.46. The van der Waals surface area contributed by atoms with Crippen molar-refractivity contribution in [2.24, 2.45) is 5.92 Å². The van der Waals surface area contributed by atoms with E-state index in [1.54, 1.807) is 0 Å². The molecular formula is C19H27NO3. The van der Waals surface area contributed by atoms with Gasteiger partial charge in [0.1, 0.15) is 0 Å². The Kier molecular flexibility index (Phi) is 5.80. The second-order valence-electron chi connectivity index (χ2n) is 6.79. The van der Waals surface area contributed by atoms with Gasteiger partial charge in [0, 0.05) is 6.04 Å². The molecule has 2 atom stereocenters. The number of nitrogens with one attached hydrogen (secondary N) is 1. The van der Waals surface area contributed by atoms with Crippen LogP contribution in [-0.4, -0.2) is 24.5 Å². The largest absolute Gasteiger partial charge is 0.452 e. The van der Waals surface area contributed by atoms with Crippen LogP contribution < -0.4 is 5.32 Å². The minimum Gasteiger partial charge on any atom is -0.452 e. The van der Waals surface area contributed by atoms with Crippen LogP contribution in [0.2, 0.25) is 0 Å². The summed E-state index contributed by atoms with van der Waals surface area (Å²) in [4.78, 5) is 24.3. The van der Waals surface area contributed by atoms with Gasteiger partial charge in [-0.25, -0.2) is 4.79 Å². The summed E-state index contributed by atoms with van der Waals surface area (Å²) < 4.78 is 5.22. The molecule has 1 aromatic rings. The number of aryl methyl sites for hydroxylation is 3. The first-order valence-corrected chi connectivity index (χ1v) is 8.43. The van der Waals surface area contributed by atoms with Crippen LogP contribution in [0.25, 0.3) is 0 Å². The lowest BCUT2D eigenvalue weighted by Gasteiger charge is -2.29. The summed E-state index contributed by atoms with van der Waals surface area (Å²) in [5.41, 5.74) is 3.44. The van der Waals surface area contributed by atoms with Gasteiger partial charge in [-0.15, -0.1) is 0 Å². The number of esters is 1. The van der Waals surface area contributed by atoms with Crippen molar-refractivity contribution in [3.63, 3.8) is 0 Å². The fourth-order valence-corrected chi connectivity index (χ4v) is 3.48. The van der Waals surface area contributed by atoms with Crippen LogP contribution in [0.1, 0.15) is 59.7 Å². The Balaban J connectivity index is 1.90. The average Bonchev–Trinajstić information content (AvgIpc) is 2.46. The normalized spacial score (nSPS) is 20.9. The summed E-state index contributed by atoms with van der Waals surface area (Å²) in [5, 5.41) is 3.00. The number of rotatable bonds is 4.